The number of β-amino-alcohol motifs (C(OH)–C–C–N with tert-alkyl or cyclic N) is 1. The molecule has 0 aromatic heterocycles. The molecule has 0 radical (unpaired) electrons. The molecule has 0 spiro atoms. The van der Waals surface area contributed by atoms with Gasteiger partial charge in [0, 0.05) is 32.7 Å². The quantitative estimate of drug-likeness (QED) is 0.861. The number of ether oxygens (including phenoxy) is 1. The lowest BCUT2D eigenvalue weighted by atomic mass is 10.3. The molecule has 1 atom stereocenters. The average Bonchev–Trinajstić information content (AvgIpc) is 2.41. The summed E-state index contributed by atoms with van der Waals surface area (Å²) in [6.07, 6.45) is -0.269. The molecular formula is C14H22N2O3. The lowest BCUT2D eigenvalue weighted by Crippen LogP contribution is -2.49. The molecule has 0 saturated carbocycles. The van der Waals surface area contributed by atoms with Gasteiger partial charge in [0.2, 0.25) is 0 Å². The fourth-order valence-corrected chi connectivity index (χ4v) is 2.16. The average molecular weight is 266 g/mol. The van der Waals surface area contributed by atoms with Gasteiger partial charge in [0.25, 0.3) is 0 Å². The van der Waals surface area contributed by atoms with Gasteiger partial charge in [0.05, 0.1) is 13.2 Å². The SMILES string of the molecule is COc1ccc(ON2CCN(CC(C)O)CC2)cc1. The van der Waals surface area contributed by atoms with E-state index in [1.54, 1.807) is 7.11 Å². The van der Waals surface area contributed by atoms with Crippen LogP contribution in [0.1, 0.15) is 6.92 Å². The standard InChI is InChI=1S/C14H22N2O3/c1-12(17)11-15-7-9-16(10-8-15)19-14-5-3-13(18-2)4-6-14/h3-6,12,17H,7-11H2,1-2H3. The summed E-state index contributed by atoms with van der Waals surface area (Å²) in [5, 5.41) is 11.3. The highest BCUT2D eigenvalue weighted by Gasteiger charge is 2.19. The first-order valence-electron chi connectivity index (χ1n) is 6.65. The van der Waals surface area contributed by atoms with Crippen molar-refractivity contribution in [1.82, 2.24) is 9.96 Å². The third-order valence-corrected chi connectivity index (χ3v) is 3.15. The van der Waals surface area contributed by atoms with Gasteiger partial charge in [-0.2, -0.15) is 0 Å². The predicted octanol–water partition coefficient (Wildman–Crippen LogP) is 0.987. The summed E-state index contributed by atoms with van der Waals surface area (Å²) in [7, 11) is 1.65. The van der Waals surface area contributed by atoms with Crippen molar-refractivity contribution in [3.8, 4) is 11.5 Å². The van der Waals surface area contributed by atoms with Crippen LogP contribution in [0.15, 0.2) is 24.3 Å². The molecular weight excluding hydrogens is 244 g/mol. The van der Waals surface area contributed by atoms with Gasteiger partial charge in [-0.1, -0.05) is 0 Å². The number of piperazine rings is 1. The van der Waals surface area contributed by atoms with E-state index in [0.717, 1.165) is 44.2 Å². The second kappa shape index (κ2) is 6.75. The number of hydrogen-bond acceptors (Lipinski definition) is 5. The topological polar surface area (TPSA) is 45.2 Å². The summed E-state index contributed by atoms with van der Waals surface area (Å²) in [4.78, 5) is 8.05. The maximum absolute atomic E-state index is 9.36. The Morgan fingerprint density at radius 2 is 1.68 bits per heavy atom. The molecule has 0 amide bonds. The van der Waals surface area contributed by atoms with Crippen LogP contribution < -0.4 is 9.57 Å². The summed E-state index contributed by atoms with van der Waals surface area (Å²) in [6.45, 7) is 6.08. The van der Waals surface area contributed by atoms with E-state index in [9.17, 15) is 5.11 Å². The Kier molecular flexibility index (Phi) is 5.01. The van der Waals surface area contributed by atoms with E-state index in [0.29, 0.717) is 0 Å². The first kappa shape index (κ1) is 14.1. The van der Waals surface area contributed by atoms with Crippen molar-refractivity contribution in [3.05, 3.63) is 24.3 Å². The van der Waals surface area contributed by atoms with Crippen molar-refractivity contribution in [2.75, 3.05) is 39.8 Å². The minimum atomic E-state index is -0.269. The molecule has 5 heteroatoms. The molecule has 0 bridgehead atoms. The summed E-state index contributed by atoms with van der Waals surface area (Å²) < 4.78 is 5.11. The van der Waals surface area contributed by atoms with Crippen molar-refractivity contribution in [2.45, 2.75) is 13.0 Å². The summed E-state index contributed by atoms with van der Waals surface area (Å²) in [5.74, 6) is 1.65. The van der Waals surface area contributed by atoms with Gasteiger partial charge in [0.1, 0.15) is 11.5 Å². The highest BCUT2D eigenvalue weighted by Crippen LogP contribution is 2.18. The van der Waals surface area contributed by atoms with Gasteiger partial charge in [0.15, 0.2) is 0 Å². The molecule has 1 saturated heterocycles. The zero-order valence-electron chi connectivity index (χ0n) is 11.6. The summed E-state index contributed by atoms with van der Waals surface area (Å²) in [5.41, 5.74) is 0. The van der Waals surface area contributed by atoms with E-state index in [1.807, 2.05) is 36.3 Å². The van der Waals surface area contributed by atoms with Gasteiger partial charge < -0.3 is 14.7 Å². The minimum Gasteiger partial charge on any atom is -0.497 e. The largest absolute Gasteiger partial charge is 0.497 e. The van der Waals surface area contributed by atoms with E-state index in [2.05, 4.69) is 4.90 Å². The van der Waals surface area contributed by atoms with Gasteiger partial charge in [-0.05, 0) is 31.2 Å². The van der Waals surface area contributed by atoms with Crippen molar-refractivity contribution in [3.63, 3.8) is 0 Å². The number of hydroxylamine groups is 2. The number of aliphatic hydroxyl groups is 1. The highest BCUT2D eigenvalue weighted by atomic mass is 16.7. The third-order valence-electron chi connectivity index (χ3n) is 3.15. The van der Waals surface area contributed by atoms with Crippen molar-refractivity contribution >= 4 is 0 Å². The van der Waals surface area contributed by atoms with Crippen LogP contribution in [0.2, 0.25) is 0 Å². The zero-order chi connectivity index (χ0) is 13.7. The molecule has 1 aromatic rings. The fraction of sp³-hybridized carbons (Fsp3) is 0.571. The maximum atomic E-state index is 9.36. The molecule has 5 nitrogen and oxygen atoms in total. The third kappa shape index (κ3) is 4.38. The molecule has 0 aliphatic carbocycles. The first-order valence-corrected chi connectivity index (χ1v) is 6.65. The highest BCUT2D eigenvalue weighted by molar-refractivity contribution is 5.30. The van der Waals surface area contributed by atoms with Crippen LogP contribution in [0.3, 0.4) is 0 Å². The van der Waals surface area contributed by atoms with Crippen molar-refractivity contribution < 1.29 is 14.7 Å². The number of aliphatic hydroxyl groups excluding tert-OH is 1. The number of methoxy groups -OCH3 is 1. The number of hydrogen-bond donors (Lipinski definition) is 1. The predicted molar refractivity (Wildman–Crippen MR) is 73.3 cm³/mol. The molecule has 1 aliphatic heterocycles. The summed E-state index contributed by atoms with van der Waals surface area (Å²) in [6, 6.07) is 7.58. The fourth-order valence-electron chi connectivity index (χ4n) is 2.16. The number of benzene rings is 1. The van der Waals surface area contributed by atoms with E-state index in [-0.39, 0.29) is 6.10 Å². The van der Waals surface area contributed by atoms with Gasteiger partial charge >= 0.3 is 0 Å². The van der Waals surface area contributed by atoms with Gasteiger partial charge in [-0.25, -0.2) is 0 Å². The van der Waals surface area contributed by atoms with E-state index < -0.39 is 0 Å². The second-order valence-electron chi connectivity index (χ2n) is 4.85. The second-order valence-corrected chi connectivity index (χ2v) is 4.85. The Bertz CT molecular complexity index is 373. The molecule has 2 rings (SSSR count). The van der Waals surface area contributed by atoms with Crippen LogP contribution in [0, 0.1) is 0 Å². The van der Waals surface area contributed by atoms with Gasteiger partial charge in [-0.15, -0.1) is 5.06 Å². The molecule has 19 heavy (non-hydrogen) atoms. The minimum absolute atomic E-state index is 0.269. The van der Waals surface area contributed by atoms with Crippen LogP contribution in [-0.2, 0) is 0 Å². The monoisotopic (exact) mass is 266 g/mol. The zero-order valence-corrected chi connectivity index (χ0v) is 11.6. The number of rotatable bonds is 5. The lowest BCUT2D eigenvalue weighted by Gasteiger charge is -2.34. The molecule has 1 N–H and O–H groups in total. The van der Waals surface area contributed by atoms with Crippen LogP contribution in [0.4, 0.5) is 0 Å². The Morgan fingerprint density at radius 3 is 2.21 bits per heavy atom. The van der Waals surface area contributed by atoms with E-state index in [1.165, 1.54) is 0 Å². The van der Waals surface area contributed by atoms with Crippen LogP contribution >= 0.6 is 0 Å². The van der Waals surface area contributed by atoms with E-state index in [4.69, 9.17) is 9.57 Å². The van der Waals surface area contributed by atoms with Crippen LogP contribution in [0.5, 0.6) is 11.5 Å². The maximum Gasteiger partial charge on any atom is 0.147 e. The molecule has 106 valence electrons. The van der Waals surface area contributed by atoms with Crippen LogP contribution in [-0.4, -0.2) is 61.0 Å². The lowest BCUT2D eigenvalue weighted by molar-refractivity contribution is -0.0917. The molecule has 1 aliphatic rings. The smallest absolute Gasteiger partial charge is 0.147 e. The summed E-state index contributed by atoms with van der Waals surface area (Å²) >= 11 is 0. The van der Waals surface area contributed by atoms with E-state index >= 15 is 0 Å². The Morgan fingerprint density at radius 1 is 1.11 bits per heavy atom. The Hall–Kier alpha value is -1.30. The Labute approximate surface area is 114 Å². The first-order chi connectivity index (χ1) is 9.17. The molecule has 1 unspecified atom stereocenters. The van der Waals surface area contributed by atoms with Gasteiger partial charge in [-0.3, -0.25) is 4.90 Å². The molecule has 1 aromatic carbocycles. The molecule has 1 fully saturated rings. The van der Waals surface area contributed by atoms with Crippen molar-refractivity contribution in [1.29, 1.82) is 0 Å². The van der Waals surface area contributed by atoms with Crippen molar-refractivity contribution in [2.24, 2.45) is 0 Å². The normalized spacial score (nSPS) is 19.1. The van der Waals surface area contributed by atoms with Crippen LogP contribution in [0.25, 0.3) is 0 Å². The molecule has 1 heterocycles. The Balaban J connectivity index is 1.78. The number of nitrogens with zero attached hydrogens (tertiary/aromatic N) is 2.